The molecule has 0 aliphatic rings. The lowest BCUT2D eigenvalue weighted by Gasteiger charge is -2.22. The number of hydrogen-bond acceptors (Lipinski definition) is 4. The number of nitro benzene ring substituents is 1. The van der Waals surface area contributed by atoms with Crippen molar-refractivity contribution in [2.75, 3.05) is 12.4 Å². The summed E-state index contributed by atoms with van der Waals surface area (Å²) in [6, 6.07) is 4.78. The summed E-state index contributed by atoms with van der Waals surface area (Å²) >= 11 is 4.24. The highest BCUT2D eigenvalue weighted by Gasteiger charge is 2.17. The number of hydrogen-bond donors (Lipinski definition) is 1. The van der Waals surface area contributed by atoms with E-state index in [1.807, 2.05) is 0 Å². The molecule has 0 amide bonds. The summed E-state index contributed by atoms with van der Waals surface area (Å²) in [5.41, 5.74) is 0.709. The van der Waals surface area contributed by atoms with Crippen LogP contribution in [0.15, 0.2) is 18.2 Å². The van der Waals surface area contributed by atoms with E-state index >= 15 is 0 Å². The molecule has 0 aliphatic heterocycles. The summed E-state index contributed by atoms with van der Waals surface area (Å²) < 4.78 is 5.61. The lowest BCUT2D eigenvalue weighted by molar-refractivity contribution is -0.385. The van der Waals surface area contributed by atoms with Crippen LogP contribution in [0.1, 0.15) is 19.4 Å². The number of ether oxygens (including phenoxy) is 1. The smallest absolute Gasteiger partial charge is 0.272 e. The van der Waals surface area contributed by atoms with Crippen LogP contribution in [0.5, 0.6) is 5.75 Å². The van der Waals surface area contributed by atoms with Crippen LogP contribution in [-0.2, 0) is 0 Å². The van der Waals surface area contributed by atoms with Crippen molar-refractivity contribution in [1.82, 2.24) is 0 Å². The van der Waals surface area contributed by atoms with E-state index in [0.717, 1.165) is 5.75 Å². The molecule has 1 aromatic carbocycles. The predicted molar refractivity (Wildman–Crippen MR) is 71.0 cm³/mol. The molecule has 0 radical (unpaired) electrons. The van der Waals surface area contributed by atoms with Gasteiger partial charge in [0.15, 0.2) is 0 Å². The molecule has 0 N–H and O–H groups in total. The van der Waals surface area contributed by atoms with Gasteiger partial charge in [-0.3, -0.25) is 10.1 Å². The highest BCUT2D eigenvalue weighted by atomic mass is 32.1. The second-order valence-electron chi connectivity index (χ2n) is 4.82. The molecule has 0 aromatic heterocycles. The molecule has 0 aliphatic carbocycles. The number of nitrogens with zero attached hydrogens (tertiary/aromatic N) is 1. The number of thiol groups is 1. The maximum atomic E-state index is 10.7. The van der Waals surface area contributed by atoms with Gasteiger partial charge in [0.25, 0.3) is 5.69 Å². The molecule has 4 nitrogen and oxygen atoms in total. The summed E-state index contributed by atoms with van der Waals surface area (Å²) in [6.07, 6.45) is 0. The van der Waals surface area contributed by atoms with Gasteiger partial charge in [0, 0.05) is 17.0 Å². The van der Waals surface area contributed by atoms with Crippen molar-refractivity contribution in [2.24, 2.45) is 5.41 Å². The van der Waals surface area contributed by atoms with Crippen molar-refractivity contribution in [3.63, 3.8) is 0 Å². The zero-order valence-corrected chi connectivity index (χ0v) is 11.2. The van der Waals surface area contributed by atoms with Gasteiger partial charge in [0.1, 0.15) is 5.75 Å². The number of aryl methyl sites for hydroxylation is 1. The fourth-order valence-electron chi connectivity index (χ4n) is 1.25. The van der Waals surface area contributed by atoms with E-state index in [4.69, 9.17) is 4.74 Å². The average molecular weight is 255 g/mol. The summed E-state index contributed by atoms with van der Waals surface area (Å²) in [4.78, 5) is 10.3. The Morgan fingerprint density at radius 3 is 2.59 bits per heavy atom. The maximum absolute atomic E-state index is 10.7. The lowest BCUT2D eigenvalue weighted by Crippen LogP contribution is -2.23. The first-order chi connectivity index (χ1) is 7.85. The van der Waals surface area contributed by atoms with Crippen LogP contribution in [-0.4, -0.2) is 17.3 Å². The van der Waals surface area contributed by atoms with Gasteiger partial charge in [-0.05, 0) is 24.8 Å². The SMILES string of the molecule is Cc1cc(OCC(C)(C)CS)ccc1[N+](=O)[O-]. The Balaban J connectivity index is 2.75. The Bertz CT molecular complexity index is 418. The van der Waals surface area contributed by atoms with Crippen molar-refractivity contribution in [3.8, 4) is 5.75 Å². The van der Waals surface area contributed by atoms with Crippen LogP contribution >= 0.6 is 12.6 Å². The van der Waals surface area contributed by atoms with E-state index in [0.29, 0.717) is 17.9 Å². The quantitative estimate of drug-likeness (QED) is 0.499. The normalized spacial score (nSPS) is 11.3. The summed E-state index contributed by atoms with van der Waals surface area (Å²) in [5, 5.41) is 10.7. The molecule has 0 saturated carbocycles. The van der Waals surface area contributed by atoms with E-state index in [-0.39, 0.29) is 11.1 Å². The highest BCUT2D eigenvalue weighted by molar-refractivity contribution is 7.80. The second-order valence-corrected chi connectivity index (χ2v) is 5.13. The molecule has 0 atom stereocenters. The minimum Gasteiger partial charge on any atom is -0.493 e. The van der Waals surface area contributed by atoms with E-state index in [9.17, 15) is 10.1 Å². The third kappa shape index (κ3) is 3.93. The number of benzene rings is 1. The predicted octanol–water partition coefficient (Wildman–Crippen LogP) is 3.24. The third-order valence-electron chi connectivity index (χ3n) is 2.42. The van der Waals surface area contributed by atoms with Crippen LogP contribution in [0.4, 0.5) is 5.69 Å². The standard InChI is InChI=1S/C12H17NO3S/c1-9-6-10(4-5-11(9)13(14)15)16-7-12(2,3)8-17/h4-6,17H,7-8H2,1-3H3. The van der Waals surface area contributed by atoms with Crippen molar-refractivity contribution in [2.45, 2.75) is 20.8 Å². The number of nitro groups is 1. The summed E-state index contributed by atoms with van der Waals surface area (Å²) in [7, 11) is 0. The van der Waals surface area contributed by atoms with Gasteiger partial charge in [-0.15, -0.1) is 0 Å². The van der Waals surface area contributed by atoms with Crippen LogP contribution in [0.25, 0.3) is 0 Å². The fourth-order valence-corrected chi connectivity index (χ4v) is 1.34. The zero-order valence-electron chi connectivity index (χ0n) is 10.3. The Hall–Kier alpha value is -1.23. The van der Waals surface area contributed by atoms with E-state index in [1.165, 1.54) is 6.07 Å². The molecule has 0 unspecified atom stereocenters. The van der Waals surface area contributed by atoms with Crippen LogP contribution in [0.2, 0.25) is 0 Å². The van der Waals surface area contributed by atoms with Crippen molar-refractivity contribution >= 4 is 18.3 Å². The molecular formula is C12H17NO3S. The molecule has 0 fully saturated rings. The third-order valence-corrected chi connectivity index (χ3v) is 3.28. The van der Waals surface area contributed by atoms with Gasteiger partial charge >= 0.3 is 0 Å². The topological polar surface area (TPSA) is 52.4 Å². The highest BCUT2D eigenvalue weighted by Crippen LogP contribution is 2.25. The molecular weight excluding hydrogens is 238 g/mol. The minimum atomic E-state index is -0.392. The molecule has 0 spiro atoms. The molecule has 1 rings (SSSR count). The first-order valence-corrected chi connectivity index (χ1v) is 5.98. The largest absolute Gasteiger partial charge is 0.493 e. The lowest BCUT2D eigenvalue weighted by atomic mass is 9.98. The van der Waals surface area contributed by atoms with Gasteiger partial charge in [0.05, 0.1) is 11.5 Å². The van der Waals surface area contributed by atoms with E-state index in [2.05, 4.69) is 26.5 Å². The second kappa shape index (κ2) is 5.40. The first-order valence-electron chi connectivity index (χ1n) is 5.34. The molecule has 0 saturated heterocycles. The molecule has 1 aromatic rings. The van der Waals surface area contributed by atoms with Gasteiger partial charge < -0.3 is 4.74 Å². The Morgan fingerprint density at radius 2 is 2.12 bits per heavy atom. The van der Waals surface area contributed by atoms with Gasteiger partial charge in [0.2, 0.25) is 0 Å². The molecule has 0 bridgehead atoms. The Morgan fingerprint density at radius 1 is 1.47 bits per heavy atom. The maximum Gasteiger partial charge on any atom is 0.272 e. The van der Waals surface area contributed by atoms with Crippen LogP contribution in [0.3, 0.4) is 0 Å². The van der Waals surface area contributed by atoms with Crippen molar-refractivity contribution in [3.05, 3.63) is 33.9 Å². The van der Waals surface area contributed by atoms with Gasteiger partial charge in [-0.25, -0.2) is 0 Å². The number of rotatable bonds is 5. The first kappa shape index (κ1) is 13.8. The summed E-state index contributed by atoms with van der Waals surface area (Å²) in [6.45, 7) is 6.35. The molecule has 5 heteroatoms. The molecule has 0 heterocycles. The molecule has 17 heavy (non-hydrogen) atoms. The Labute approximate surface area is 107 Å². The fraction of sp³-hybridized carbons (Fsp3) is 0.500. The zero-order chi connectivity index (χ0) is 13.1. The van der Waals surface area contributed by atoms with Gasteiger partial charge in [-0.1, -0.05) is 13.8 Å². The Kier molecular flexibility index (Phi) is 4.40. The minimum absolute atomic E-state index is 0.0151. The monoisotopic (exact) mass is 255 g/mol. The van der Waals surface area contributed by atoms with E-state index < -0.39 is 4.92 Å². The van der Waals surface area contributed by atoms with Crippen LogP contribution in [0, 0.1) is 22.5 Å². The summed E-state index contributed by atoms with van der Waals surface area (Å²) in [5.74, 6) is 1.38. The van der Waals surface area contributed by atoms with Crippen molar-refractivity contribution < 1.29 is 9.66 Å². The van der Waals surface area contributed by atoms with Crippen molar-refractivity contribution in [1.29, 1.82) is 0 Å². The molecule has 94 valence electrons. The van der Waals surface area contributed by atoms with Gasteiger partial charge in [-0.2, -0.15) is 12.6 Å². The average Bonchev–Trinajstić information content (AvgIpc) is 2.26. The van der Waals surface area contributed by atoms with E-state index in [1.54, 1.807) is 19.1 Å². The van der Waals surface area contributed by atoms with Crippen LogP contribution < -0.4 is 4.74 Å².